The summed E-state index contributed by atoms with van der Waals surface area (Å²) in [6.45, 7) is 5.90. The lowest BCUT2D eigenvalue weighted by Crippen LogP contribution is -2.53. The van der Waals surface area contributed by atoms with Crippen molar-refractivity contribution in [3.05, 3.63) is 71.0 Å². The molecule has 6 fully saturated rings. The minimum Gasteiger partial charge on any atom is -0.481 e. The molecule has 10 nitrogen and oxygen atoms in total. The van der Waals surface area contributed by atoms with Gasteiger partial charge in [-0.05, 0) is 147 Å². The monoisotopic (exact) mass is 830 g/mol. The molecule has 4 aliphatic carbocycles. The maximum absolute atomic E-state index is 13.5. The van der Waals surface area contributed by atoms with Crippen LogP contribution >= 0.6 is 0 Å². The third kappa shape index (κ3) is 8.25. The van der Waals surface area contributed by atoms with Crippen LogP contribution in [0.2, 0.25) is 0 Å². The first-order valence-electron chi connectivity index (χ1n) is 23.7. The molecule has 6 aliphatic rings. The Morgan fingerprint density at radius 1 is 0.639 bits per heavy atom. The number of nitrogens with one attached hydrogen (secondary N) is 1. The van der Waals surface area contributed by atoms with E-state index >= 15 is 0 Å². The molecule has 0 radical (unpaired) electrons. The summed E-state index contributed by atoms with van der Waals surface area (Å²) in [5.74, 6) is 0.348. The molecule has 10 rings (SSSR count). The van der Waals surface area contributed by atoms with Crippen LogP contribution in [0.15, 0.2) is 48.8 Å². The van der Waals surface area contributed by atoms with Crippen LogP contribution in [0.5, 0.6) is 0 Å². The van der Waals surface area contributed by atoms with Crippen LogP contribution in [-0.2, 0) is 26.2 Å². The summed E-state index contributed by atoms with van der Waals surface area (Å²) in [6.07, 6.45) is 19.3. The maximum atomic E-state index is 13.5. The zero-order valence-corrected chi connectivity index (χ0v) is 36.5. The van der Waals surface area contributed by atoms with Crippen LogP contribution < -0.4 is 0 Å². The van der Waals surface area contributed by atoms with E-state index in [9.17, 15) is 29.4 Å². The number of aromatic nitrogens is 2. The van der Waals surface area contributed by atoms with E-state index in [1.807, 2.05) is 9.80 Å². The zero-order valence-electron chi connectivity index (χ0n) is 36.5. The van der Waals surface area contributed by atoms with Crippen molar-refractivity contribution in [1.82, 2.24) is 19.4 Å². The molecule has 61 heavy (non-hydrogen) atoms. The number of hydrogen-bond donors (Lipinski definition) is 3. The van der Waals surface area contributed by atoms with Crippen LogP contribution in [0.25, 0.3) is 21.8 Å². The number of carboxylic acid groups (broad SMARTS) is 2. The summed E-state index contributed by atoms with van der Waals surface area (Å²) in [6, 6.07) is 13.3. The third-order valence-corrected chi connectivity index (χ3v) is 15.9. The highest BCUT2D eigenvalue weighted by atomic mass is 16.4. The second kappa shape index (κ2) is 17.3. The lowest BCUT2D eigenvalue weighted by molar-refractivity contribution is -0.152. The molecule has 2 aromatic carbocycles. The number of carboxylic acids is 2. The van der Waals surface area contributed by atoms with Gasteiger partial charge >= 0.3 is 11.9 Å². The summed E-state index contributed by atoms with van der Waals surface area (Å²) in [5, 5.41) is 22.0. The van der Waals surface area contributed by atoms with Crippen molar-refractivity contribution in [3.63, 3.8) is 0 Å². The molecule has 2 aliphatic heterocycles. The molecule has 10 heteroatoms. The van der Waals surface area contributed by atoms with Crippen LogP contribution in [0.4, 0.5) is 0 Å². The average molecular weight is 831 g/mol. The molecule has 4 aromatic rings. The highest BCUT2D eigenvalue weighted by Gasteiger charge is 2.45. The second-order valence-electron chi connectivity index (χ2n) is 19.9. The van der Waals surface area contributed by atoms with E-state index in [2.05, 4.69) is 79.2 Å². The molecule has 8 unspecified atom stereocenters. The van der Waals surface area contributed by atoms with E-state index in [1.54, 1.807) is 0 Å². The molecule has 2 aromatic heterocycles. The molecule has 0 spiro atoms. The summed E-state index contributed by atoms with van der Waals surface area (Å²) in [5.41, 5.74) is 7.84. The number of carbonyl (C=O) groups excluding carboxylic acids is 2. The number of hydrogen-bond acceptors (Lipinski definition) is 4. The molecule has 4 saturated carbocycles. The van der Waals surface area contributed by atoms with E-state index in [0.717, 1.165) is 77.3 Å². The van der Waals surface area contributed by atoms with E-state index < -0.39 is 11.9 Å². The van der Waals surface area contributed by atoms with Crippen molar-refractivity contribution in [2.24, 2.45) is 30.7 Å². The molecule has 4 heterocycles. The van der Waals surface area contributed by atoms with Crippen LogP contribution in [0, 0.1) is 23.7 Å². The third-order valence-electron chi connectivity index (χ3n) is 15.9. The minimum absolute atomic E-state index is 0.109. The normalized spacial score (nSPS) is 27.4. The number of fused-ring (bicyclic) bond motifs is 4. The van der Waals surface area contributed by atoms with Gasteiger partial charge in [-0.25, -0.2) is 0 Å². The molecule has 2 saturated heterocycles. The van der Waals surface area contributed by atoms with Crippen molar-refractivity contribution in [1.29, 1.82) is 0 Å². The van der Waals surface area contributed by atoms with Gasteiger partial charge in [0.1, 0.15) is 0 Å². The molecule has 0 bridgehead atoms. The predicted molar refractivity (Wildman–Crippen MR) is 238 cm³/mol. The van der Waals surface area contributed by atoms with E-state index in [0.29, 0.717) is 24.7 Å². The predicted octanol–water partition coefficient (Wildman–Crippen LogP) is 10.1. The number of rotatable bonds is 10. The number of aryl methyl sites for hydroxylation is 1. The molecular weight excluding hydrogens is 765 g/mol. The number of piperidine rings is 2. The second-order valence-corrected chi connectivity index (χ2v) is 19.9. The number of nitrogens with zero attached hydrogens (tertiary/aromatic N) is 3. The Balaban J connectivity index is 0.000000156. The molecule has 326 valence electrons. The van der Waals surface area contributed by atoms with Crippen molar-refractivity contribution in [2.75, 3.05) is 13.1 Å². The molecule has 3 N–H and O–H groups in total. The fourth-order valence-corrected chi connectivity index (χ4v) is 12.6. The maximum Gasteiger partial charge on any atom is 0.306 e. The first kappa shape index (κ1) is 41.7. The Labute approximate surface area is 360 Å². The number of H-pyrrole nitrogens is 1. The van der Waals surface area contributed by atoms with Gasteiger partial charge in [0.05, 0.1) is 11.8 Å². The van der Waals surface area contributed by atoms with Crippen molar-refractivity contribution >= 4 is 45.6 Å². The van der Waals surface area contributed by atoms with Crippen LogP contribution in [-0.4, -0.2) is 78.5 Å². The van der Waals surface area contributed by atoms with Crippen molar-refractivity contribution in [2.45, 2.75) is 152 Å². The zero-order chi connectivity index (χ0) is 42.5. The Morgan fingerprint density at radius 2 is 1.15 bits per heavy atom. The number of aromatic amines is 1. The number of likely N-dealkylation sites (tertiary alicyclic amines) is 2. The summed E-state index contributed by atoms with van der Waals surface area (Å²) >= 11 is 0. The Bertz CT molecular complexity index is 2280. The first-order valence-corrected chi connectivity index (χ1v) is 23.7. The quantitative estimate of drug-likeness (QED) is 0.146. The summed E-state index contributed by atoms with van der Waals surface area (Å²) in [7, 11) is 2.10. The standard InChI is InChI=1S/C26H34N2O3.C25H32N2O3/c1-16(21-15-27(2)23-10-3-6-18(25(21)23)17-11-12-17)14-24(29)28-13-5-8-19-20(26(30)31)7-4-9-22(19)28;1-15(20-14-26-21-8-2-5-17(24(20)21)16-10-11-16)13-23(28)27-12-4-7-18-19(25(29)30)6-3-9-22(18)27/h3,6,10,15-17,19-20,22H,4-5,7-9,11-14H2,1-2H3,(H,30,31);2,5,8,14-16,18-19,22,26H,3-4,6-7,9-13H2,1H3,(H,29,30). The van der Waals surface area contributed by atoms with Crippen LogP contribution in [0.3, 0.4) is 0 Å². The summed E-state index contributed by atoms with van der Waals surface area (Å²) in [4.78, 5) is 57.8. The number of aliphatic carboxylic acids is 2. The van der Waals surface area contributed by atoms with Gasteiger partial charge in [-0.2, -0.15) is 0 Å². The minimum atomic E-state index is -0.682. The highest BCUT2D eigenvalue weighted by molar-refractivity contribution is 5.90. The Morgan fingerprint density at radius 3 is 1.67 bits per heavy atom. The van der Waals surface area contributed by atoms with Gasteiger partial charge in [-0.15, -0.1) is 0 Å². The Kier molecular flexibility index (Phi) is 11.8. The topological polar surface area (TPSA) is 136 Å². The fourth-order valence-electron chi connectivity index (χ4n) is 12.6. The number of benzene rings is 2. The lowest BCUT2D eigenvalue weighted by Gasteiger charge is -2.46. The van der Waals surface area contributed by atoms with Crippen molar-refractivity contribution < 1.29 is 29.4 Å². The van der Waals surface area contributed by atoms with Crippen molar-refractivity contribution in [3.8, 4) is 0 Å². The first-order chi connectivity index (χ1) is 29.5. The van der Waals surface area contributed by atoms with E-state index in [1.165, 1.54) is 69.7 Å². The number of carbonyl (C=O) groups is 4. The van der Waals surface area contributed by atoms with Gasteiger partial charge in [-0.1, -0.05) is 51.0 Å². The Hall–Kier alpha value is -4.60. The van der Waals surface area contributed by atoms with E-state index in [-0.39, 0.29) is 59.4 Å². The average Bonchev–Trinajstić information content (AvgIpc) is 4.21. The van der Waals surface area contributed by atoms with Gasteiger partial charge in [0, 0.05) is 79.3 Å². The van der Waals surface area contributed by atoms with E-state index in [4.69, 9.17) is 0 Å². The van der Waals surface area contributed by atoms with Gasteiger partial charge < -0.3 is 29.6 Å². The largest absolute Gasteiger partial charge is 0.481 e. The van der Waals surface area contributed by atoms with Crippen LogP contribution in [0.1, 0.15) is 163 Å². The number of amides is 2. The molecular formula is C51H66N4O6. The van der Waals surface area contributed by atoms with Gasteiger partial charge in [0.25, 0.3) is 0 Å². The summed E-state index contributed by atoms with van der Waals surface area (Å²) < 4.78 is 2.20. The lowest BCUT2D eigenvalue weighted by atomic mass is 9.71. The van der Waals surface area contributed by atoms with Gasteiger partial charge in [-0.3, -0.25) is 19.2 Å². The van der Waals surface area contributed by atoms with Gasteiger partial charge in [0.2, 0.25) is 11.8 Å². The fraction of sp³-hybridized carbons (Fsp3) is 0.608. The smallest absolute Gasteiger partial charge is 0.306 e. The molecule has 2 amide bonds. The highest BCUT2D eigenvalue weighted by Crippen LogP contribution is 2.48. The van der Waals surface area contributed by atoms with Gasteiger partial charge in [0.15, 0.2) is 0 Å². The SMILES string of the molecule is CC(CC(=O)N1CCCC2C(C(=O)O)CCCC21)c1c[nH]c2cccc(C3CC3)c12.CC(CC(=O)N1CCCC2C(C(=O)O)CCCC21)c1cn(C)c2cccc(C3CC3)c12. The molecule has 8 atom stereocenters.